The van der Waals surface area contributed by atoms with Crippen molar-refractivity contribution in [1.29, 1.82) is 0 Å². The zero-order chi connectivity index (χ0) is 25.4. The second-order valence-electron chi connectivity index (χ2n) is 7.28. The second-order valence-corrected chi connectivity index (χ2v) is 7.90. The number of hydrogen-bond donors (Lipinski definition) is 2. The number of nitrogens with one attached hydrogen (secondary N) is 1. The van der Waals surface area contributed by atoms with Gasteiger partial charge in [-0.15, -0.1) is 0 Å². The second kappa shape index (κ2) is 11.9. The first-order valence-corrected chi connectivity index (χ1v) is 11.2. The van der Waals surface area contributed by atoms with E-state index in [-0.39, 0.29) is 5.11 Å². The van der Waals surface area contributed by atoms with Crippen molar-refractivity contribution < 1.29 is 9.47 Å². The maximum Gasteiger partial charge on any atom is 0.168 e. The quantitative estimate of drug-likeness (QED) is 0.284. The number of hydrogen-bond acceptors (Lipinski definition) is 7. The molecule has 0 aliphatic carbocycles. The number of thiocarbonyl (C=S) groups is 2. The van der Waals surface area contributed by atoms with E-state index in [0.29, 0.717) is 11.5 Å². The van der Waals surface area contributed by atoms with Crippen LogP contribution in [0.15, 0.2) is 66.4 Å². The van der Waals surface area contributed by atoms with Crippen molar-refractivity contribution in [2.75, 3.05) is 19.5 Å². The van der Waals surface area contributed by atoms with Crippen molar-refractivity contribution in [3.8, 4) is 22.9 Å². The number of rotatable bonds is 6. The Hall–Kier alpha value is -4.05. The van der Waals surface area contributed by atoms with Crippen LogP contribution in [0.1, 0.15) is 11.4 Å². The van der Waals surface area contributed by atoms with E-state index >= 15 is 0 Å². The Labute approximate surface area is 214 Å². The number of isothiocyanates is 1. The molecule has 0 unspecified atom stereocenters. The molecule has 2 aromatic heterocycles. The summed E-state index contributed by atoms with van der Waals surface area (Å²) < 4.78 is 14.5. The summed E-state index contributed by atoms with van der Waals surface area (Å²) in [6.45, 7) is 3.87. The van der Waals surface area contributed by atoms with Gasteiger partial charge in [0.1, 0.15) is 11.5 Å². The fourth-order valence-corrected chi connectivity index (χ4v) is 3.44. The van der Waals surface area contributed by atoms with Crippen LogP contribution in [0.5, 0.6) is 11.5 Å². The lowest BCUT2D eigenvalue weighted by atomic mass is 10.2. The predicted octanol–water partition coefficient (Wildman–Crippen LogP) is 4.77. The lowest BCUT2D eigenvalue weighted by molar-refractivity contribution is 0.413. The number of aliphatic imine (C=N–C) groups is 1. The molecule has 2 heterocycles. The van der Waals surface area contributed by atoms with Crippen LogP contribution in [0.3, 0.4) is 0 Å². The van der Waals surface area contributed by atoms with Gasteiger partial charge in [-0.25, -0.2) is 9.97 Å². The van der Waals surface area contributed by atoms with Crippen LogP contribution < -0.4 is 20.5 Å². The van der Waals surface area contributed by atoms with E-state index < -0.39 is 0 Å². The number of ether oxygens (including phenoxy) is 2. The van der Waals surface area contributed by atoms with Gasteiger partial charge < -0.3 is 29.7 Å². The molecule has 35 heavy (non-hydrogen) atoms. The number of benzene rings is 2. The molecule has 4 rings (SSSR count). The van der Waals surface area contributed by atoms with E-state index in [1.807, 2.05) is 71.8 Å². The van der Waals surface area contributed by atoms with Crippen molar-refractivity contribution >= 4 is 46.1 Å². The lowest BCUT2D eigenvalue weighted by Crippen LogP contribution is -2.18. The molecule has 0 fully saturated rings. The molecule has 0 aliphatic heterocycles. The van der Waals surface area contributed by atoms with Gasteiger partial charge in [0.05, 0.1) is 60.5 Å². The molecular formula is C24H25N7O2S2. The number of aromatic nitrogens is 4. The maximum absolute atomic E-state index is 5.43. The maximum atomic E-state index is 5.43. The smallest absolute Gasteiger partial charge is 0.168 e. The zero-order valence-electron chi connectivity index (χ0n) is 19.7. The summed E-state index contributed by atoms with van der Waals surface area (Å²) in [5.41, 5.74) is 10.7. The SMILES string of the molecule is COc1cc(N=C=S)ccc1-n1cnc(C)c1.COc1cc(NC(N)=S)ccc1-n1cnc(C)c1. The van der Waals surface area contributed by atoms with Gasteiger partial charge in [-0.3, -0.25) is 0 Å². The summed E-state index contributed by atoms with van der Waals surface area (Å²) in [6.07, 6.45) is 7.35. The Balaban J connectivity index is 0.000000196. The molecule has 0 bridgehead atoms. The Bertz CT molecular complexity index is 1370. The van der Waals surface area contributed by atoms with Crippen LogP contribution in [0.25, 0.3) is 11.4 Å². The number of methoxy groups -OCH3 is 2. The van der Waals surface area contributed by atoms with Gasteiger partial charge in [0.2, 0.25) is 0 Å². The van der Waals surface area contributed by atoms with Crippen LogP contribution in [0, 0.1) is 13.8 Å². The van der Waals surface area contributed by atoms with Crippen molar-refractivity contribution in [1.82, 2.24) is 19.1 Å². The Morgan fingerprint density at radius 1 is 0.943 bits per heavy atom. The van der Waals surface area contributed by atoms with Gasteiger partial charge in [0.15, 0.2) is 5.11 Å². The molecule has 0 spiro atoms. The van der Waals surface area contributed by atoms with Crippen LogP contribution in [-0.2, 0) is 0 Å². The summed E-state index contributed by atoms with van der Waals surface area (Å²) in [7, 11) is 3.24. The first kappa shape index (κ1) is 25.6. The fourth-order valence-electron chi connectivity index (χ4n) is 3.22. The summed E-state index contributed by atoms with van der Waals surface area (Å²) in [6, 6.07) is 11.2. The topological polar surface area (TPSA) is 105 Å². The van der Waals surface area contributed by atoms with Crippen LogP contribution in [0.4, 0.5) is 11.4 Å². The number of anilines is 1. The number of imidazole rings is 2. The van der Waals surface area contributed by atoms with Crippen LogP contribution in [0.2, 0.25) is 0 Å². The largest absolute Gasteiger partial charge is 0.494 e. The highest BCUT2D eigenvalue weighted by Gasteiger charge is 2.08. The fraction of sp³-hybridized carbons (Fsp3) is 0.167. The normalized spacial score (nSPS) is 9.94. The Morgan fingerprint density at radius 3 is 1.94 bits per heavy atom. The number of nitrogens with zero attached hydrogens (tertiary/aromatic N) is 5. The molecule has 0 radical (unpaired) electrons. The minimum atomic E-state index is 0.225. The van der Waals surface area contributed by atoms with E-state index in [9.17, 15) is 0 Å². The van der Waals surface area contributed by atoms with E-state index in [4.69, 9.17) is 27.4 Å². The molecule has 4 aromatic rings. The first-order chi connectivity index (χ1) is 16.8. The molecule has 2 aromatic carbocycles. The van der Waals surface area contributed by atoms with E-state index in [0.717, 1.165) is 34.1 Å². The van der Waals surface area contributed by atoms with Gasteiger partial charge in [-0.2, -0.15) is 4.99 Å². The number of nitrogens with two attached hydrogens (primary N) is 1. The molecule has 11 heteroatoms. The third-order valence-corrected chi connectivity index (χ3v) is 4.96. The van der Waals surface area contributed by atoms with Gasteiger partial charge >= 0.3 is 0 Å². The van der Waals surface area contributed by atoms with Gasteiger partial charge in [-0.05, 0) is 62.5 Å². The monoisotopic (exact) mass is 507 g/mol. The van der Waals surface area contributed by atoms with E-state index in [1.54, 1.807) is 26.9 Å². The van der Waals surface area contributed by atoms with Crippen LogP contribution >= 0.6 is 24.4 Å². The van der Waals surface area contributed by atoms with Gasteiger partial charge in [0, 0.05) is 30.2 Å². The highest BCUT2D eigenvalue weighted by atomic mass is 32.1. The lowest BCUT2D eigenvalue weighted by Gasteiger charge is -2.11. The zero-order valence-corrected chi connectivity index (χ0v) is 21.4. The van der Waals surface area contributed by atoms with E-state index in [2.05, 4.69) is 37.7 Å². The highest BCUT2D eigenvalue weighted by molar-refractivity contribution is 7.80. The summed E-state index contributed by atoms with van der Waals surface area (Å²) >= 11 is 9.37. The Kier molecular flexibility index (Phi) is 8.69. The number of aryl methyl sites for hydroxylation is 2. The standard InChI is InChI=1S/C12H14N4OS.C12H11N3OS/c1-8-6-16(7-14-8)10-4-3-9(15-12(13)18)5-11(10)17-2;1-9-6-15(7-13-9)11-4-3-10(14-8-17)5-12(11)16-2/h3-7H,1-2H3,(H3,13,15,18);3-7H,1-2H3. The highest BCUT2D eigenvalue weighted by Crippen LogP contribution is 2.28. The summed E-state index contributed by atoms with van der Waals surface area (Å²) in [5.74, 6) is 1.43. The first-order valence-electron chi connectivity index (χ1n) is 10.4. The van der Waals surface area contributed by atoms with Crippen molar-refractivity contribution in [2.45, 2.75) is 13.8 Å². The molecule has 180 valence electrons. The van der Waals surface area contributed by atoms with Gasteiger partial charge in [-0.1, -0.05) is 0 Å². The average molecular weight is 508 g/mol. The van der Waals surface area contributed by atoms with Crippen LogP contribution in [-0.4, -0.2) is 43.6 Å². The Morgan fingerprint density at radius 2 is 1.49 bits per heavy atom. The third kappa shape index (κ3) is 6.73. The van der Waals surface area contributed by atoms with Gasteiger partial charge in [0.25, 0.3) is 0 Å². The molecule has 9 nitrogen and oxygen atoms in total. The molecular weight excluding hydrogens is 482 g/mol. The molecule has 3 N–H and O–H groups in total. The minimum absolute atomic E-state index is 0.225. The molecule has 0 aliphatic rings. The van der Waals surface area contributed by atoms with Crippen molar-refractivity contribution in [3.63, 3.8) is 0 Å². The predicted molar refractivity (Wildman–Crippen MR) is 145 cm³/mol. The third-order valence-electron chi connectivity index (χ3n) is 4.77. The molecule has 0 saturated heterocycles. The van der Waals surface area contributed by atoms with Crippen molar-refractivity contribution in [2.24, 2.45) is 10.7 Å². The summed E-state index contributed by atoms with van der Waals surface area (Å²) in [4.78, 5) is 12.3. The molecule has 0 saturated carbocycles. The molecule has 0 amide bonds. The van der Waals surface area contributed by atoms with Crippen molar-refractivity contribution in [3.05, 3.63) is 72.8 Å². The molecule has 0 atom stereocenters. The average Bonchev–Trinajstić information content (AvgIpc) is 3.47. The van der Waals surface area contributed by atoms with E-state index in [1.165, 1.54) is 0 Å². The minimum Gasteiger partial charge on any atom is -0.494 e. The summed E-state index contributed by atoms with van der Waals surface area (Å²) in [5, 5.41) is 5.43.